The molecule has 1 aliphatic rings. The van der Waals surface area contributed by atoms with Gasteiger partial charge in [0.05, 0.1) is 13.2 Å². The number of rotatable bonds is 3. The van der Waals surface area contributed by atoms with Gasteiger partial charge in [0.25, 0.3) is 5.56 Å². The predicted molar refractivity (Wildman–Crippen MR) is 93.8 cm³/mol. The van der Waals surface area contributed by atoms with Gasteiger partial charge in [0.15, 0.2) is 0 Å². The molecular weight excluding hydrogens is 302 g/mol. The van der Waals surface area contributed by atoms with E-state index in [4.69, 9.17) is 9.72 Å². The first-order valence-corrected chi connectivity index (χ1v) is 8.15. The average molecular weight is 321 g/mol. The number of methoxy groups -OCH3 is 1. The summed E-state index contributed by atoms with van der Waals surface area (Å²) >= 11 is 0. The molecule has 0 bridgehead atoms. The second kappa shape index (κ2) is 6.00. The van der Waals surface area contributed by atoms with Crippen molar-refractivity contribution in [3.8, 4) is 5.75 Å². The molecule has 0 unspecified atom stereocenters. The van der Waals surface area contributed by atoms with E-state index in [0.29, 0.717) is 5.65 Å². The zero-order valence-electron chi connectivity index (χ0n) is 13.6. The largest absolute Gasteiger partial charge is 0.497 e. The third kappa shape index (κ3) is 2.52. The van der Waals surface area contributed by atoms with Crippen LogP contribution in [0.25, 0.3) is 5.65 Å². The molecule has 24 heavy (non-hydrogen) atoms. The highest BCUT2D eigenvalue weighted by molar-refractivity contribution is 5.50. The van der Waals surface area contributed by atoms with Crippen LogP contribution in [0.4, 0.5) is 5.82 Å². The van der Waals surface area contributed by atoms with Crippen molar-refractivity contribution in [2.75, 3.05) is 18.6 Å². The molecule has 1 atom stereocenters. The Morgan fingerprint density at radius 1 is 1.17 bits per heavy atom. The molecule has 0 radical (unpaired) electrons. The van der Waals surface area contributed by atoms with Crippen LogP contribution in [0.2, 0.25) is 0 Å². The maximum Gasteiger partial charge on any atom is 0.259 e. The molecule has 5 heteroatoms. The molecule has 5 nitrogen and oxygen atoms in total. The van der Waals surface area contributed by atoms with Crippen LogP contribution in [0.5, 0.6) is 5.75 Å². The normalized spacial score (nSPS) is 17.4. The van der Waals surface area contributed by atoms with Crippen LogP contribution in [-0.4, -0.2) is 23.0 Å². The number of ether oxygens (including phenoxy) is 1. The summed E-state index contributed by atoms with van der Waals surface area (Å²) in [7, 11) is 1.67. The fourth-order valence-electron chi connectivity index (χ4n) is 3.40. The number of aromatic nitrogens is 2. The van der Waals surface area contributed by atoms with E-state index >= 15 is 0 Å². The van der Waals surface area contributed by atoms with Crippen LogP contribution < -0.4 is 15.2 Å². The first kappa shape index (κ1) is 14.8. The lowest BCUT2D eigenvalue weighted by molar-refractivity contribution is 0.414. The highest BCUT2D eigenvalue weighted by atomic mass is 16.5. The van der Waals surface area contributed by atoms with E-state index in [1.165, 1.54) is 5.56 Å². The smallest absolute Gasteiger partial charge is 0.259 e. The minimum absolute atomic E-state index is 0.0454. The van der Waals surface area contributed by atoms with E-state index in [9.17, 15) is 4.79 Å². The molecule has 0 N–H and O–H groups in total. The summed E-state index contributed by atoms with van der Waals surface area (Å²) in [6.45, 7) is 0.909. The van der Waals surface area contributed by atoms with Gasteiger partial charge in [-0.15, -0.1) is 0 Å². The quantitative estimate of drug-likeness (QED) is 0.744. The Kier molecular flexibility index (Phi) is 3.69. The van der Waals surface area contributed by atoms with Crippen LogP contribution in [0.3, 0.4) is 0 Å². The molecular formula is C19H19N3O2. The van der Waals surface area contributed by atoms with Crippen molar-refractivity contribution >= 4 is 11.5 Å². The van der Waals surface area contributed by atoms with Crippen LogP contribution in [0.1, 0.15) is 24.4 Å². The van der Waals surface area contributed by atoms with Crippen LogP contribution in [-0.2, 0) is 0 Å². The zero-order chi connectivity index (χ0) is 16.5. The molecule has 1 aliphatic heterocycles. The van der Waals surface area contributed by atoms with Gasteiger partial charge in [-0.1, -0.05) is 18.2 Å². The standard InChI is InChI=1S/C19H19N3O2/c1-24-15-9-7-14(8-10-15)16-5-4-12-21(16)18-13-19(23)22-11-3-2-6-17(22)20-18/h2-3,6-11,13,16H,4-5,12H2,1H3/t16-/m1/s1. The number of fused-ring (bicyclic) bond motifs is 1. The monoisotopic (exact) mass is 321 g/mol. The van der Waals surface area contributed by atoms with Gasteiger partial charge >= 0.3 is 0 Å². The van der Waals surface area contributed by atoms with E-state index < -0.39 is 0 Å². The zero-order valence-corrected chi connectivity index (χ0v) is 13.6. The van der Waals surface area contributed by atoms with Crippen molar-refractivity contribution in [3.05, 3.63) is 70.6 Å². The fraction of sp³-hybridized carbons (Fsp3) is 0.263. The third-order valence-corrected chi connectivity index (χ3v) is 4.61. The van der Waals surface area contributed by atoms with E-state index in [2.05, 4.69) is 17.0 Å². The van der Waals surface area contributed by atoms with Gasteiger partial charge < -0.3 is 9.64 Å². The van der Waals surface area contributed by atoms with Gasteiger partial charge in [0, 0.05) is 18.8 Å². The van der Waals surface area contributed by atoms with Gasteiger partial charge in [0.2, 0.25) is 0 Å². The maximum atomic E-state index is 12.4. The van der Waals surface area contributed by atoms with Crippen molar-refractivity contribution in [2.45, 2.75) is 18.9 Å². The topological polar surface area (TPSA) is 46.8 Å². The average Bonchev–Trinajstić information content (AvgIpc) is 3.11. The number of hydrogen-bond acceptors (Lipinski definition) is 4. The van der Waals surface area contributed by atoms with Crippen molar-refractivity contribution in [2.24, 2.45) is 0 Å². The molecule has 3 aromatic rings. The van der Waals surface area contributed by atoms with Crippen molar-refractivity contribution in [1.82, 2.24) is 9.38 Å². The predicted octanol–water partition coefficient (Wildman–Crippen LogP) is 3.04. The summed E-state index contributed by atoms with van der Waals surface area (Å²) in [5, 5.41) is 0. The number of pyridine rings is 1. The molecule has 4 rings (SSSR count). The Morgan fingerprint density at radius 2 is 2.00 bits per heavy atom. The SMILES string of the molecule is COc1ccc([C@H]2CCCN2c2cc(=O)n3ccccc3n2)cc1. The number of hydrogen-bond donors (Lipinski definition) is 0. The van der Waals surface area contributed by atoms with Crippen LogP contribution in [0, 0.1) is 0 Å². The lowest BCUT2D eigenvalue weighted by atomic mass is 10.0. The fourth-order valence-corrected chi connectivity index (χ4v) is 3.40. The van der Waals surface area contributed by atoms with Crippen molar-refractivity contribution < 1.29 is 4.74 Å². The van der Waals surface area contributed by atoms with Crippen LogP contribution >= 0.6 is 0 Å². The highest BCUT2D eigenvalue weighted by Gasteiger charge is 2.27. The second-order valence-corrected chi connectivity index (χ2v) is 6.01. The number of nitrogens with zero attached hydrogens (tertiary/aromatic N) is 3. The van der Waals surface area contributed by atoms with E-state index in [1.807, 2.05) is 30.3 Å². The van der Waals surface area contributed by atoms with Gasteiger partial charge in [-0.3, -0.25) is 9.20 Å². The molecule has 122 valence electrons. The Balaban J connectivity index is 1.73. The molecule has 1 saturated heterocycles. The Morgan fingerprint density at radius 3 is 2.79 bits per heavy atom. The van der Waals surface area contributed by atoms with E-state index in [1.54, 1.807) is 23.8 Å². The highest BCUT2D eigenvalue weighted by Crippen LogP contribution is 2.35. The summed E-state index contributed by atoms with van der Waals surface area (Å²) in [4.78, 5) is 19.3. The lowest BCUT2D eigenvalue weighted by Crippen LogP contribution is -2.26. The molecule has 3 heterocycles. The maximum absolute atomic E-state index is 12.4. The molecule has 0 saturated carbocycles. The molecule has 0 spiro atoms. The lowest BCUT2D eigenvalue weighted by Gasteiger charge is -2.26. The summed E-state index contributed by atoms with van der Waals surface area (Å²) in [6.07, 6.45) is 3.90. The summed E-state index contributed by atoms with van der Waals surface area (Å²) in [6, 6.07) is 15.6. The molecule has 1 fully saturated rings. The summed E-state index contributed by atoms with van der Waals surface area (Å²) < 4.78 is 6.81. The Bertz CT molecular complexity index is 918. The van der Waals surface area contributed by atoms with Gasteiger partial charge in [-0.05, 0) is 42.7 Å². The second-order valence-electron chi connectivity index (χ2n) is 6.01. The number of anilines is 1. The van der Waals surface area contributed by atoms with Gasteiger partial charge in [-0.25, -0.2) is 4.98 Å². The first-order valence-electron chi connectivity index (χ1n) is 8.15. The minimum Gasteiger partial charge on any atom is -0.497 e. The molecule has 2 aromatic heterocycles. The molecule has 0 aliphatic carbocycles. The van der Waals surface area contributed by atoms with Crippen LogP contribution in [0.15, 0.2) is 59.5 Å². The van der Waals surface area contributed by atoms with E-state index in [-0.39, 0.29) is 11.6 Å². The Hall–Kier alpha value is -2.82. The summed E-state index contributed by atoms with van der Waals surface area (Å²) in [5.41, 5.74) is 1.86. The van der Waals surface area contributed by atoms with Gasteiger partial charge in [0.1, 0.15) is 17.2 Å². The van der Waals surface area contributed by atoms with Crippen molar-refractivity contribution in [3.63, 3.8) is 0 Å². The number of benzene rings is 1. The Labute approximate surface area is 140 Å². The van der Waals surface area contributed by atoms with Gasteiger partial charge in [-0.2, -0.15) is 0 Å². The minimum atomic E-state index is -0.0454. The van der Waals surface area contributed by atoms with E-state index in [0.717, 1.165) is 31.0 Å². The third-order valence-electron chi connectivity index (χ3n) is 4.61. The summed E-state index contributed by atoms with van der Waals surface area (Å²) in [5.74, 6) is 1.61. The first-order chi connectivity index (χ1) is 11.8. The van der Waals surface area contributed by atoms with Crippen molar-refractivity contribution in [1.29, 1.82) is 0 Å². The molecule has 0 amide bonds. The molecule has 1 aromatic carbocycles.